The number of hydrogen-bond acceptors (Lipinski definition) is 3. The normalized spacial score (nSPS) is 26.8. The van der Waals surface area contributed by atoms with Crippen molar-refractivity contribution < 1.29 is 14.7 Å². The molecule has 92 valence electrons. The molecule has 0 aromatic carbocycles. The Hall–Kier alpha value is -0.710. The SMILES string of the molecule is CC(C)C(NC(=O)C1(C)CCCS1)C(=O)O. The van der Waals surface area contributed by atoms with E-state index in [1.165, 1.54) is 0 Å². The van der Waals surface area contributed by atoms with Gasteiger partial charge in [0.1, 0.15) is 6.04 Å². The summed E-state index contributed by atoms with van der Waals surface area (Å²) in [6, 6.07) is -0.787. The zero-order valence-corrected chi connectivity index (χ0v) is 10.8. The van der Waals surface area contributed by atoms with Crippen LogP contribution in [0.2, 0.25) is 0 Å². The van der Waals surface area contributed by atoms with Crippen LogP contribution in [0.1, 0.15) is 33.6 Å². The van der Waals surface area contributed by atoms with E-state index in [-0.39, 0.29) is 11.8 Å². The summed E-state index contributed by atoms with van der Waals surface area (Å²) in [5, 5.41) is 11.6. The monoisotopic (exact) mass is 245 g/mol. The molecule has 2 atom stereocenters. The number of carboxylic acids is 1. The van der Waals surface area contributed by atoms with E-state index in [0.717, 1.165) is 18.6 Å². The van der Waals surface area contributed by atoms with Gasteiger partial charge in [0.25, 0.3) is 0 Å². The van der Waals surface area contributed by atoms with Gasteiger partial charge in [0.05, 0.1) is 4.75 Å². The smallest absolute Gasteiger partial charge is 0.326 e. The van der Waals surface area contributed by atoms with Gasteiger partial charge in [-0.25, -0.2) is 4.79 Å². The number of carbonyl (C=O) groups is 2. The number of amides is 1. The lowest BCUT2D eigenvalue weighted by atomic mass is 10.0. The molecule has 0 bridgehead atoms. The van der Waals surface area contributed by atoms with Crippen LogP contribution in [-0.4, -0.2) is 33.5 Å². The predicted octanol–water partition coefficient (Wildman–Crippen LogP) is 1.50. The van der Waals surface area contributed by atoms with Crippen LogP contribution in [0.25, 0.3) is 0 Å². The average Bonchev–Trinajstić information content (AvgIpc) is 2.61. The zero-order chi connectivity index (χ0) is 12.3. The molecule has 0 aromatic heterocycles. The van der Waals surface area contributed by atoms with Crippen molar-refractivity contribution in [1.82, 2.24) is 5.32 Å². The van der Waals surface area contributed by atoms with E-state index in [1.54, 1.807) is 25.6 Å². The van der Waals surface area contributed by atoms with Crippen molar-refractivity contribution in [1.29, 1.82) is 0 Å². The number of carboxylic acid groups (broad SMARTS) is 1. The minimum Gasteiger partial charge on any atom is -0.480 e. The van der Waals surface area contributed by atoms with Crippen molar-refractivity contribution >= 4 is 23.6 Å². The van der Waals surface area contributed by atoms with Gasteiger partial charge in [-0.2, -0.15) is 0 Å². The van der Waals surface area contributed by atoms with E-state index in [9.17, 15) is 9.59 Å². The number of nitrogens with one attached hydrogen (secondary N) is 1. The molecule has 1 aliphatic rings. The third-order valence-electron chi connectivity index (χ3n) is 2.92. The van der Waals surface area contributed by atoms with Gasteiger partial charge in [0, 0.05) is 0 Å². The van der Waals surface area contributed by atoms with Crippen LogP contribution >= 0.6 is 11.8 Å². The van der Waals surface area contributed by atoms with Crippen molar-refractivity contribution in [3.63, 3.8) is 0 Å². The van der Waals surface area contributed by atoms with Gasteiger partial charge in [-0.15, -0.1) is 11.8 Å². The summed E-state index contributed by atoms with van der Waals surface area (Å²) >= 11 is 1.61. The van der Waals surface area contributed by atoms with Crippen molar-refractivity contribution in [3.05, 3.63) is 0 Å². The Morgan fingerprint density at radius 2 is 2.06 bits per heavy atom. The van der Waals surface area contributed by atoms with Crippen molar-refractivity contribution in [3.8, 4) is 0 Å². The Balaban J connectivity index is 2.65. The maximum absolute atomic E-state index is 12.0. The molecule has 0 aliphatic carbocycles. The molecular weight excluding hydrogens is 226 g/mol. The standard InChI is InChI=1S/C11H19NO3S/c1-7(2)8(9(13)14)12-10(15)11(3)5-4-6-16-11/h7-8H,4-6H2,1-3H3,(H,12,15)(H,13,14). The lowest BCUT2D eigenvalue weighted by Gasteiger charge is -2.26. The lowest BCUT2D eigenvalue weighted by molar-refractivity contribution is -0.143. The molecule has 0 saturated carbocycles. The molecule has 4 nitrogen and oxygen atoms in total. The second-order valence-corrected chi connectivity index (χ2v) is 6.31. The van der Waals surface area contributed by atoms with E-state index in [1.807, 2.05) is 6.92 Å². The fourth-order valence-electron chi connectivity index (χ4n) is 1.77. The second kappa shape index (κ2) is 5.08. The molecule has 1 aliphatic heterocycles. The van der Waals surface area contributed by atoms with Crippen LogP contribution in [0.15, 0.2) is 0 Å². The summed E-state index contributed by atoms with van der Waals surface area (Å²) < 4.78 is -0.442. The van der Waals surface area contributed by atoms with Crippen LogP contribution in [0.5, 0.6) is 0 Å². The van der Waals surface area contributed by atoms with Crippen molar-refractivity contribution in [2.24, 2.45) is 5.92 Å². The van der Waals surface area contributed by atoms with Gasteiger partial charge in [-0.1, -0.05) is 13.8 Å². The Kier molecular flexibility index (Phi) is 4.24. The van der Waals surface area contributed by atoms with Gasteiger partial charge in [0.2, 0.25) is 5.91 Å². The first-order valence-electron chi connectivity index (χ1n) is 5.54. The molecule has 1 saturated heterocycles. The van der Waals surface area contributed by atoms with Crippen molar-refractivity contribution in [2.75, 3.05) is 5.75 Å². The minimum atomic E-state index is -0.963. The Labute approximate surface area is 100 Å². The first kappa shape index (κ1) is 13.4. The molecule has 0 spiro atoms. The van der Waals surface area contributed by atoms with Gasteiger partial charge < -0.3 is 10.4 Å². The molecule has 1 amide bonds. The summed E-state index contributed by atoms with van der Waals surface area (Å²) in [6.45, 7) is 5.48. The zero-order valence-electron chi connectivity index (χ0n) is 9.95. The fourth-order valence-corrected chi connectivity index (χ4v) is 2.98. The first-order valence-corrected chi connectivity index (χ1v) is 6.53. The van der Waals surface area contributed by atoms with Gasteiger partial charge in [-0.3, -0.25) is 4.79 Å². The predicted molar refractivity (Wildman–Crippen MR) is 64.5 cm³/mol. The summed E-state index contributed by atoms with van der Waals surface area (Å²) in [5.41, 5.74) is 0. The average molecular weight is 245 g/mol. The van der Waals surface area contributed by atoms with E-state index < -0.39 is 16.8 Å². The van der Waals surface area contributed by atoms with Crippen LogP contribution in [0.4, 0.5) is 0 Å². The van der Waals surface area contributed by atoms with E-state index >= 15 is 0 Å². The highest BCUT2D eigenvalue weighted by atomic mass is 32.2. The van der Waals surface area contributed by atoms with E-state index in [4.69, 9.17) is 5.11 Å². The first-order chi connectivity index (χ1) is 7.37. The molecule has 0 radical (unpaired) electrons. The number of aliphatic carboxylic acids is 1. The molecule has 2 unspecified atom stereocenters. The Morgan fingerprint density at radius 1 is 1.44 bits per heavy atom. The molecule has 16 heavy (non-hydrogen) atoms. The highest BCUT2D eigenvalue weighted by Crippen LogP contribution is 2.37. The minimum absolute atomic E-state index is 0.101. The molecule has 0 aromatic rings. The third kappa shape index (κ3) is 2.90. The Bertz CT molecular complexity index is 285. The highest BCUT2D eigenvalue weighted by Gasteiger charge is 2.39. The molecule has 2 N–H and O–H groups in total. The lowest BCUT2D eigenvalue weighted by Crippen LogP contribution is -2.50. The molecular formula is C11H19NO3S. The summed E-state index contributed by atoms with van der Waals surface area (Å²) in [7, 11) is 0. The maximum Gasteiger partial charge on any atom is 0.326 e. The summed E-state index contributed by atoms with van der Waals surface area (Å²) in [5.74, 6) is -0.230. The maximum atomic E-state index is 12.0. The van der Waals surface area contributed by atoms with E-state index in [2.05, 4.69) is 5.32 Å². The molecule has 1 rings (SSSR count). The molecule has 5 heteroatoms. The van der Waals surface area contributed by atoms with Gasteiger partial charge >= 0.3 is 5.97 Å². The largest absolute Gasteiger partial charge is 0.480 e. The number of carbonyl (C=O) groups excluding carboxylic acids is 1. The molecule has 1 fully saturated rings. The number of thioether (sulfide) groups is 1. The second-order valence-electron chi connectivity index (χ2n) is 4.72. The van der Waals surface area contributed by atoms with Crippen LogP contribution < -0.4 is 5.32 Å². The summed E-state index contributed by atoms with van der Waals surface area (Å²) in [6.07, 6.45) is 1.85. The van der Waals surface area contributed by atoms with Crippen molar-refractivity contribution in [2.45, 2.75) is 44.4 Å². The van der Waals surface area contributed by atoms with Crippen LogP contribution in [0.3, 0.4) is 0 Å². The third-order valence-corrected chi connectivity index (χ3v) is 4.44. The number of hydrogen-bond donors (Lipinski definition) is 2. The van der Waals surface area contributed by atoms with Crippen LogP contribution in [-0.2, 0) is 9.59 Å². The van der Waals surface area contributed by atoms with Crippen LogP contribution in [0, 0.1) is 5.92 Å². The summed E-state index contributed by atoms with van der Waals surface area (Å²) in [4.78, 5) is 23.0. The van der Waals surface area contributed by atoms with Gasteiger partial charge in [0.15, 0.2) is 0 Å². The quantitative estimate of drug-likeness (QED) is 0.787. The number of rotatable bonds is 4. The van der Waals surface area contributed by atoms with Gasteiger partial charge in [-0.05, 0) is 31.4 Å². The Morgan fingerprint density at radius 3 is 2.44 bits per heavy atom. The fraction of sp³-hybridized carbons (Fsp3) is 0.818. The molecule has 1 heterocycles. The van der Waals surface area contributed by atoms with E-state index in [0.29, 0.717) is 0 Å². The topological polar surface area (TPSA) is 66.4 Å². The highest BCUT2D eigenvalue weighted by molar-refractivity contribution is 8.01.